The zero-order valence-corrected chi connectivity index (χ0v) is 6.29. The molecule has 0 aliphatic rings. The molecule has 0 aromatic heterocycles. The summed E-state index contributed by atoms with van der Waals surface area (Å²) in [5.74, 6) is 0. The molecular formula is C3H8Sn. The van der Waals surface area contributed by atoms with Crippen LogP contribution in [0.2, 0.25) is 4.44 Å². The Kier molecular flexibility index (Phi) is 4.56. The van der Waals surface area contributed by atoms with Crippen molar-refractivity contribution < 1.29 is 0 Å². The predicted molar refractivity (Wildman–Crippen MR) is 22.2 cm³/mol. The molecule has 0 bridgehead atoms. The fourth-order valence-electron chi connectivity index (χ4n) is 0. The van der Waals surface area contributed by atoms with Gasteiger partial charge in [0.15, 0.2) is 0 Å². The monoisotopic (exact) mass is 164 g/mol. The standard InChI is InChI=1S/C3H7.Sn.H/c1-3-2;;/h1,3H2,2H3;;. The Morgan fingerprint density at radius 3 is 2.00 bits per heavy atom. The van der Waals surface area contributed by atoms with Crippen molar-refractivity contribution in [1.29, 1.82) is 0 Å². The average molecular weight is 163 g/mol. The molecule has 0 N–H and O–H groups in total. The van der Waals surface area contributed by atoms with Crippen molar-refractivity contribution in [3.63, 3.8) is 0 Å². The van der Waals surface area contributed by atoms with Gasteiger partial charge >= 0.3 is 40.3 Å². The van der Waals surface area contributed by atoms with Crippen LogP contribution in [0.3, 0.4) is 0 Å². The molecule has 1 heteroatoms. The van der Waals surface area contributed by atoms with E-state index in [1.54, 1.807) is 0 Å². The van der Waals surface area contributed by atoms with E-state index < -0.39 is 0 Å². The zero-order chi connectivity index (χ0) is 3.41. The Bertz CT molecular complexity index is 5.25. The van der Waals surface area contributed by atoms with Gasteiger partial charge in [-0.2, -0.15) is 0 Å². The molecule has 0 heterocycles. The summed E-state index contributed by atoms with van der Waals surface area (Å²) in [7, 11) is 0. The van der Waals surface area contributed by atoms with E-state index in [4.69, 9.17) is 0 Å². The van der Waals surface area contributed by atoms with Gasteiger partial charge < -0.3 is 0 Å². The molecule has 24 valence electrons. The summed E-state index contributed by atoms with van der Waals surface area (Å²) in [6, 6.07) is 0. The molecule has 0 aliphatic carbocycles. The summed E-state index contributed by atoms with van der Waals surface area (Å²) in [4.78, 5) is 0. The van der Waals surface area contributed by atoms with Gasteiger partial charge in [-0.1, -0.05) is 0 Å². The molecule has 0 nitrogen and oxygen atoms in total. The first-order valence-electron chi connectivity index (χ1n) is 1.62. The fraction of sp³-hybridized carbons (Fsp3) is 1.00. The van der Waals surface area contributed by atoms with Gasteiger partial charge in [0.25, 0.3) is 0 Å². The SMILES string of the molecule is CC[CH2][SnH]. The molecule has 0 saturated carbocycles. The maximum absolute atomic E-state index is 2.21. The van der Waals surface area contributed by atoms with Gasteiger partial charge in [0, 0.05) is 0 Å². The van der Waals surface area contributed by atoms with Gasteiger partial charge in [0.2, 0.25) is 0 Å². The molecule has 0 saturated heterocycles. The summed E-state index contributed by atoms with van der Waals surface area (Å²) in [6.07, 6.45) is 1.38. The van der Waals surface area contributed by atoms with Crippen molar-refractivity contribution in [3.05, 3.63) is 0 Å². The maximum atomic E-state index is 2.21. The van der Waals surface area contributed by atoms with Crippen molar-refractivity contribution in [2.24, 2.45) is 0 Å². The van der Waals surface area contributed by atoms with E-state index in [2.05, 4.69) is 6.92 Å². The third-order valence-corrected chi connectivity index (χ3v) is 1.94. The second kappa shape index (κ2) is 3.80. The van der Waals surface area contributed by atoms with Crippen LogP contribution in [0.4, 0.5) is 0 Å². The number of hydrogen-bond acceptors (Lipinski definition) is 0. The Morgan fingerprint density at radius 2 is 2.00 bits per heavy atom. The first-order valence-corrected chi connectivity index (χ1v) is 3.95. The van der Waals surface area contributed by atoms with Crippen LogP contribution < -0.4 is 0 Å². The molecule has 0 rings (SSSR count). The molecule has 2 radical (unpaired) electrons. The molecule has 0 atom stereocenters. The Hall–Kier alpha value is 0.799. The van der Waals surface area contributed by atoms with E-state index in [1.807, 2.05) is 0 Å². The van der Waals surface area contributed by atoms with Crippen molar-refractivity contribution in [2.45, 2.75) is 17.8 Å². The second-order valence-electron chi connectivity index (χ2n) is 0.789. The molecule has 0 aliphatic heterocycles. The van der Waals surface area contributed by atoms with Crippen molar-refractivity contribution in [1.82, 2.24) is 0 Å². The molecule has 0 fully saturated rings. The van der Waals surface area contributed by atoms with Crippen LogP contribution in [0.25, 0.3) is 0 Å². The third-order valence-electron chi connectivity index (χ3n) is 0.289. The summed E-state index contributed by atoms with van der Waals surface area (Å²) in [6.45, 7) is 2.21. The van der Waals surface area contributed by atoms with E-state index in [0.29, 0.717) is 0 Å². The molecule has 0 amide bonds. The van der Waals surface area contributed by atoms with Crippen LogP contribution in [0, 0.1) is 0 Å². The van der Waals surface area contributed by atoms with Crippen molar-refractivity contribution in [2.75, 3.05) is 0 Å². The van der Waals surface area contributed by atoms with Gasteiger partial charge in [-0.05, 0) is 0 Å². The van der Waals surface area contributed by atoms with Crippen LogP contribution in [0.1, 0.15) is 13.3 Å². The predicted octanol–water partition coefficient (Wildman–Crippen LogP) is 0.716. The Balaban J connectivity index is 1.97. The Morgan fingerprint density at radius 1 is 1.75 bits per heavy atom. The van der Waals surface area contributed by atoms with Gasteiger partial charge in [-0.15, -0.1) is 0 Å². The minimum atomic E-state index is 1.38. The quantitative estimate of drug-likeness (QED) is 0.499. The summed E-state index contributed by atoms with van der Waals surface area (Å²) >= 11 is 1.44. The first kappa shape index (κ1) is 4.80. The summed E-state index contributed by atoms with van der Waals surface area (Å²) < 4.78 is 1.45. The second-order valence-corrected chi connectivity index (χ2v) is 2.44. The number of hydrogen-bond donors (Lipinski definition) is 0. The molecule has 0 spiro atoms. The van der Waals surface area contributed by atoms with E-state index in [0.717, 1.165) is 0 Å². The van der Waals surface area contributed by atoms with E-state index in [9.17, 15) is 0 Å². The fourth-order valence-corrected chi connectivity index (χ4v) is 0. The van der Waals surface area contributed by atoms with E-state index in [-0.39, 0.29) is 0 Å². The zero-order valence-electron chi connectivity index (χ0n) is 2.99. The molecule has 0 aromatic carbocycles. The molecular weight excluding hydrogens is 155 g/mol. The van der Waals surface area contributed by atoms with E-state index in [1.165, 1.54) is 33.4 Å². The molecule has 4 heavy (non-hydrogen) atoms. The summed E-state index contributed by atoms with van der Waals surface area (Å²) in [5.41, 5.74) is 0. The molecule has 0 aromatic rings. The van der Waals surface area contributed by atoms with Crippen molar-refractivity contribution in [3.8, 4) is 0 Å². The van der Waals surface area contributed by atoms with Gasteiger partial charge in [0.1, 0.15) is 0 Å². The number of rotatable bonds is 1. The van der Waals surface area contributed by atoms with Crippen LogP contribution in [-0.2, 0) is 0 Å². The van der Waals surface area contributed by atoms with Crippen LogP contribution in [0.5, 0.6) is 0 Å². The van der Waals surface area contributed by atoms with Gasteiger partial charge in [0.05, 0.1) is 0 Å². The van der Waals surface area contributed by atoms with E-state index >= 15 is 0 Å². The Labute approximate surface area is 40.7 Å². The summed E-state index contributed by atoms with van der Waals surface area (Å²) in [5, 5.41) is 0. The van der Waals surface area contributed by atoms with Crippen LogP contribution in [-0.4, -0.2) is 22.5 Å². The first-order chi connectivity index (χ1) is 1.91. The van der Waals surface area contributed by atoms with Crippen LogP contribution in [0.15, 0.2) is 0 Å². The van der Waals surface area contributed by atoms with Crippen molar-refractivity contribution >= 4 is 22.5 Å². The van der Waals surface area contributed by atoms with Crippen LogP contribution >= 0.6 is 0 Å². The van der Waals surface area contributed by atoms with Gasteiger partial charge in [-0.25, -0.2) is 0 Å². The molecule has 0 unspecified atom stereocenters. The topological polar surface area (TPSA) is 0 Å². The minimum absolute atomic E-state index is 1.38. The normalized spacial score (nSPS) is 7.50. The average Bonchev–Trinajstić information content (AvgIpc) is 1.37. The van der Waals surface area contributed by atoms with Gasteiger partial charge in [-0.3, -0.25) is 0 Å². The third kappa shape index (κ3) is 2.80.